The Kier molecular flexibility index (Phi) is 4.14. The van der Waals surface area contributed by atoms with E-state index in [0.717, 1.165) is 19.5 Å². The highest BCUT2D eigenvalue weighted by molar-refractivity contribution is 5.84. The quantitative estimate of drug-likeness (QED) is 0.853. The van der Waals surface area contributed by atoms with E-state index in [1.807, 2.05) is 9.80 Å². The molecule has 24 heavy (non-hydrogen) atoms. The van der Waals surface area contributed by atoms with Gasteiger partial charge in [0.25, 0.3) is 0 Å². The number of nitrogens with zero attached hydrogens (tertiary/aromatic N) is 3. The Balaban J connectivity index is 1.44. The summed E-state index contributed by atoms with van der Waals surface area (Å²) in [5.74, 6) is 0.585. The minimum absolute atomic E-state index is 0.238. The smallest absolute Gasteiger partial charge is 0.230 e. The number of halogens is 1. The second kappa shape index (κ2) is 6.29. The average Bonchev–Trinajstić information content (AvgIpc) is 3.07. The summed E-state index contributed by atoms with van der Waals surface area (Å²) in [4.78, 5) is 21.2. The molecule has 0 unspecified atom stereocenters. The fourth-order valence-corrected chi connectivity index (χ4v) is 4.20. The molecule has 1 N–H and O–H groups in total. The van der Waals surface area contributed by atoms with Gasteiger partial charge >= 0.3 is 0 Å². The zero-order valence-corrected chi connectivity index (χ0v) is 13.7. The Morgan fingerprint density at radius 3 is 3.00 bits per heavy atom. The Hall–Kier alpha value is -1.73. The van der Waals surface area contributed by atoms with Crippen LogP contribution in [0, 0.1) is 17.2 Å². The number of hydrogen-bond donors (Lipinski definition) is 1. The lowest BCUT2D eigenvalue weighted by Crippen LogP contribution is -2.57. The number of anilines is 1. The molecular formula is C17H23FN4O2. The molecule has 0 saturated carbocycles. The van der Waals surface area contributed by atoms with Gasteiger partial charge in [-0.25, -0.2) is 9.37 Å². The minimum Gasteiger partial charge on any atom is -0.381 e. The van der Waals surface area contributed by atoms with Crippen molar-refractivity contribution in [3.8, 4) is 0 Å². The van der Waals surface area contributed by atoms with Crippen LogP contribution in [0.1, 0.15) is 6.42 Å². The molecule has 0 aliphatic carbocycles. The van der Waals surface area contributed by atoms with Crippen molar-refractivity contribution in [2.24, 2.45) is 11.3 Å². The number of carbonyl (C=O) groups excluding carboxylic acids is 1. The largest absolute Gasteiger partial charge is 0.381 e. The predicted octanol–water partition coefficient (Wildman–Crippen LogP) is 0.495. The normalized spacial score (nSPS) is 30.3. The first-order valence-corrected chi connectivity index (χ1v) is 8.64. The average molecular weight is 334 g/mol. The van der Waals surface area contributed by atoms with Crippen LogP contribution >= 0.6 is 0 Å². The first kappa shape index (κ1) is 15.8. The van der Waals surface area contributed by atoms with Gasteiger partial charge in [0.05, 0.1) is 12.0 Å². The van der Waals surface area contributed by atoms with E-state index >= 15 is 0 Å². The van der Waals surface area contributed by atoms with Gasteiger partial charge in [-0.2, -0.15) is 0 Å². The van der Waals surface area contributed by atoms with Crippen LogP contribution in [0.4, 0.5) is 10.2 Å². The third-order valence-corrected chi connectivity index (χ3v) is 5.66. The molecule has 130 valence electrons. The van der Waals surface area contributed by atoms with Crippen LogP contribution in [0.2, 0.25) is 0 Å². The van der Waals surface area contributed by atoms with Crippen LogP contribution in [0.3, 0.4) is 0 Å². The third kappa shape index (κ3) is 2.56. The van der Waals surface area contributed by atoms with E-state index in [-0.39, 0.29) is 23.1 Å². The maximum Gasteiger partial charge on any atom is 0.230 e. The molecule has 2 atom stereocenters. The number of amides is 1. The molecule has 0 aromatic carbocycles. The van der Waals surface area contributed by atoms with Gasteiger partial charge in [0.15, 0.2) is 11.6 Å². The summed E-state index contributed by atoms with van der Waals surface area (Å²) in [6.45, 7) is 5.38. The van der Waals surface area contributed by atoms with Gasteiger partial charge in [0, 0.05) is 58.0 Å². The summed E-state index contributed by atoms with van der Waals surface area (Å²) < 4.78 is 19.5. The fraction of sp³-hybridized carbons (Fsp3) is 0.647. The molecule has 7 heteroatoms. The SMILES string of the molecule is O=C(N1CCN(c2ncccc2F)CC1)[C@@]12CCOC[C@@H]1CNC2. The van der Waals surface area contributed by atoms with E-state index in [2.05, 4.69) is 10.3 Å². The number of rotatable bonds is 2. The van der Waals surface area contributed by atoms with Gasteiger partial charge in [-0.15, -0.1) is 0 Å². The van der Waals surface area contributed by atoms with Crippen LogP contribution < -0.4 is 10.2 Å². The molecular weight excluding hydrogens is 311 g/mol. The monoisotopic (exact) mass is 334 g/mol. The zero-order valence-electron chi connectivity index (χ0n) is 13.7. The lowest BCUT2D eigenvalue weighted by molar-refractivity contribution is -0.150. The topological polar surface area (TPSA) is 57.7 Å². The molecule has 0 spiro atoms. The number of aromatic nitrogens is 1. The standard InChI is InChI=1S/C17H23FN4O2/c18-14-2-1-4-20-15(14)21-5-7-22(8-6-21)16(23)17-3-9-24-11-13(17)10-19-12-17/h1-2,4,13,19H,3,5-12H2/t13-,17+/m0/s1. The summed E-state index contributed by atoms with van der Waals surface area (Å²) in [7, 11) is 0. The summed E-state index contributed by atoms with van der Waals surface area (Å²) in [6.07, 6.45) is 2.39. The van der Waals surface area contributed by atoms with Gasteiger partial charge < -0.3 is 19.9 Å². The van der Waals surface area contributed by atoms with Crippen molar-refractivity contribution in [1.29, 1.82) is 0 Å². The van der Waals surface area contributed by atoms with Crippen molar-refractivity contribution in [3.05, 3.63) is 24.1 Å². The zero-order chi connectivity index (χ0) is 16.6. The Morgan fingerprint density at radius 2 is 2.21 bits per heavy atom. The number of nitrogens with one attached hydrogen (secondary N) is 1. The Bertz CT molecular complexity index is 620. The van der Waals surface area contributed by atoms with Crippen LogP contribution in [0.5, 0.6) is 0 Å². The molecule has 3 aliphatic heterocycles. The van der Waals surface area contributed by atoms with Crippen LogP contribution in [-0.4, -0.2) is 68.3 Å². The van der Waals surface area contributed by atoms with Crippen molar-refractivity contribution >= 4 is 11.7 Å². The molecule has 1 aromatic rings. The molecule has 3 aliphatic rings. The van der Waals surface area contributed by atoms with E-state index in [9.17, 15) is 9.18 Å². The maximum atomic E-state index is 13.9. The highest BCUT2D eigenvalue weighted by Gasteiger charge is 2.52. The molecule has 1 aromatic heterocycles. The first-order valence-electron chi connectivity index (χ1n) is 8.64. The second-order valence-electron chi connectivity index (χ2n) is 6.90. The number of piperazine rings is 1. The lowest BCUT2D eigenvalue weighted by atomic mass is 9.73. The summed E-state index contributed by atoms with van der Waals surface area (Å²) >= 11 is 0. The number of carbonyl (C=O) groups is 1. The number of pyridine rings is 1. The van der Waals surface area contributed by atoms with Crippen molar-refractivity contribution < 1.29 is 13.9 Å². The highest BCUT2D eigenvalue weighted by atomic mass is 19.1. The molecule has 0 radical (unpaired) electrons. The van der Waals surface area contributed by atoms with Gasteiger partial charge in [0.2, 0.25) is 5.91 Å². The van der Waals surface area contributed by atoms with Crippen LogP contribution in [-0.2, 0) is 9.53 Å². The van der Waals surface area contributed by atoms with E-state index in [1.165, 1.54) is 6.07 Å². The van der Waals surface area contributed by atoms with Crippen molar-refractivity contribution in [1.82, 2.24) is 15.2 Å². The lowest BCUT2D eigenvalue weighted by Gasteiger charge is -2.43. The van der Waals surface area contributed by atoms with Crippen molar-refractivity contribution in [2.45, 2.75) is 6.42 Å². The molecule has 4 heterocycles. The van der Waals surface area contributed by atoms with Gasteiger partial charge in [-0.1, -0.05) is 0 Å². The molecule has 1 amide bonds. The Morgan fingerprint density at radius 1 is 1.38 bits per heavy atom. The summed E-state index contributed by atoms with van der Waals surface area (Å²) in [5, 5.41) is 3.37. The van der Waals surface area contributed by atoms with Gasteiger partial charge in [0.1, 0.15) is 0 Å². The molecule has 3 saturated heterocycles. The third-order valence-electron chi connectivity index (χ3n) is 5.66. The summed E-state index contributed by atoms with van der Waals surface area (Å²) in [5.41, 5.74) is -0.309. The van der Waals surface area contributed by atoms with E-state index in [0.29, 0.717) is 45.2 Å². The number of hydrogen-bond acceptors (Lipinski definition) is 5. The molecule has 3 fully saturated rings. The molecule has 4 rings (SSSR count). The number of fused-ring (bicyclic) bond motifs is 1. The molecule has 0 bridgehead atoms. The van der Waals surface area contributed by atoms with Gasteiger partial charge in [-0.3, -0.25) is 4.79 Å². The minimum atomic E-state index is -0.309. The molecule has 6 nitrogen and oxygen atoms in total. The number of ether oxygens (including phenoxy) is 1. The van der Waals surface area contributed by atoms with Crippen LogP contribution in [0.15, 0.2) is 18.3 Å². The fourth-order valence-electron chi connectivity index (χ4n) is 4.20. The second-order valence-corrected chi connectivity index (χ2v) is 6.90. The van der Waals surface area contributed by atoms with Crippen molar-refractivity contribution in [3.63, 3.8) is 0 Å². The summed E-state index contributed by atoms with van der Waals surface area (Å²) in [6, 6.07) is 3.02. The first-order chi connectivity index (χ1) is 11.7. The van der Waals surface area contributed by atoms with Gasteiger partial charge in [-0.05, 0) is 18.6 Å². The van der Waals surface area contributed by atoms with E-state index in [1.54, 1.807) is 12.3 Å². The highest BCUT2D eigenvalue weighted by Crippen LogP contribution is 2.40. The predicted molar refractivity (Wildman–Crippen MR) is 87.2 cm³/mol. The van der Waals surface area contributed by atoms with Crippen molar-refractivity contribution in [2.75, 3.05) is 57.4 Å². The van der Waals surface area contributed by atoms with E-state index in [4.69, 9.17) is 4.74 Å². The van der Waals surface area contributed by atoms with Crippen LogP contribution in [0.25, 0.3) is 0 Å². The van der Waals surface area contributed by atoms with E-state index < -0.39 is 0 Å². The Labute approximate surface area is 141 Å². The maximum absolute atomic E-state index is 13.9.